The Morgan fingerprint density at radius 1 is 1.59 bits per heavy atom. The Bertz CT molecular complexity index is 368. The van der Waals surface area contributed by atoms with E-state index in [1.807, 2.05) is 6.07 Å². The van der Waals surface area contributed by atoms with Crippen LogP contribution in [0.25, 0.3) is 0 Å². The first-order valence-electron chi connectivity index (χ1n) is 6.00. The van der Waals surface area contributed by atoms with Gasteiger partial charge < -0.3 is 15.1 Å². The molecule has 2 heterocycles. The van der Waals surface area contributed by atoms with E-state index in [0.717, 1.165) is 29.9 Å². The van der Waals surface area contributed by atoms with Crippen LogP contribution < -0.4 is 5.73 Å². The van der Waals surface area contributed by atoms with Gasteiger partial charge >= 0.3 is 0 Å². The molecular weight excluding hydrogens is 282 g/mol. The van der Waals surface area contributed by atoms with Crippen LogP contribution in [0.1, 0.15) is 18.7 Å². The number of nitrogens with two attached hydrogens (primary N) is 1. The predicted molar refractivity (Wildman–Crippen MR) is 71.9 cm³/mol. The third kappa shape index (κ3) is 2.73. The molecule has 1 saturated heterocycles. The number of hydrogen-bond acceptors (Lipinski definition) is 4. The molecule has 0 amide bonds. The zero-order chi connectivity index (χ0) is 12.4. The van der Waals surface area contributed by atoms with E-state index in [-0.39, 0.29) is 6.04 Å². The topological polar surface area (TPSA) is 45.6 Å². The summed E-state index contributed by atoms with van der Waals surface area (Å²) in [7, 11) is 2.16. The molecule has 0 radical (unpaired) electrons. The van der Waals surface area contributed by atoms with Crippen molar-refractivity contribution in [2.75, 3.05) is 33.2 Å². The minimum Gasteiger partial charge on any atom is -0.466 e. The van der Waals surface area contributed by atoms with Crippen LogP contribution in [0.4, 0.5) is 0 Å². The largest absolute Gasteiger partial charge is 0.466 e. The van der Waals surface area contributed by atoms with Crippen LogP contribution in [0.15, 0.2) is 21.2 Å². The van der Waals surface area contributed by atoms with Crippen LogP contribution in [-0.4, -0.2) is 49.1 Å². The molecule has 1 aromatic rings. The lowest BCUT2D eigenvalue weighted by Crippen LogP contribution is -2.52. The Balaban J connectivity index is 2.16. The van der Waals surface area contributed by atoms with Crippen molar-refractivity contribution in [1.29, 1.82) is 0 Å². The Morgan fingerprint density at radius 3 is 2.88 bits per heavy atom. The van der Waals surface area contributed by atoms with Gasteiger partial charge in [0.25, 0.3) is 0 Å². The summed E-state index contributed by atoms with van der Waals surface area (Å²) < 4.78 is 6.58. The van der Waals surface area contributed by atoms with Gasteiger partial charge in [0.1, 0.15) is 5.76 Å². The van der Waals surface area contributed by atoms with Gasteiger partial charge in [0.15, 0.2) is 0 Å². The normalized spacial score (nSPS) is 25.1. The fourth-order valence-corrected chi connectivity index (χ4v) is 3.02. The number of rotatable bonds is 3. The van der Waals surface area contributed by atoms with E-state index in [1.165, 1.54) is 0 Å². The smallest absolute Gasteiger partial charge is 0.136 e. The molecule has 2 N–H and O–H groups in total. The fraction of sp³-hybridized carbons (Fsp3) is 0.667. The van der Waals surface area contributed by atoms with Gasteiger partial charge in [-0.1, -0.05) is 0 Å². The SMILES string of the molecule is CC1CN(C)CCN1C(CN)c1occc1Br. The third-order valence-corrected chi connectivity index (χ3v) is 4.11. The first kappa shape index (κ1) is 13.1. The zero-order valence-electron chi connectivity index (χ0n) is 10.4. The average Bonchev–Trinajstić information content (AvgIpc) is 2.69. The molecule has 0 aliphatic carbocycles. The van der Waals surface area contributed by atoms with Crippen LogP contribution >= 0.6 is 15.9 Å². The molecule has 0 aromatic carbocycles. The highest BCUT2D eigenvalue weighted by atomic mass is 79.9. The van der Waals surface area contributed by atoms with Gasteiger partial charge in [0, 0.05) is 32.2 Å². The summed E-state index contributed by atoms with van der Waals surface area (Å²) in [6.07, 6.45) is 1.71. The van der Waals surface area contributed by atoms with Gasteiger partial charge in [0.2, 0.25) is 0 Å². The summed E-state index contributed by atoms with van der Waals surface area (Å²) in [6.45, 7) is 6.02. The number of halogens is 1. The molecule has 5 heteroatoms. The number of nitrogens with zero attached hydrogens (tertiary/aromatic N) is 2. The molecule has 1 fully saturated rings. The predicted octanol–water partition coefficient (Wildman–Crippen LogP) is 1.68. The summed E-state index contributed by atoms with van der Waals surface area (Å²) in [5, 5.41) is 0. The maximum Gasteiger partial charge on any atom is 0.136 e. The molecule has 0 saturated carbocycles. The summed E-state index contributed by atoms with van der Waals surface area (Å²) in [4.78, 5) is 4.79. The van der Waals surface area contributed by atoms with E-state index in [0.29, 0.717) is 12.6 Å². The Labute approximate surface area is 111 Å². The molecule has 2 rings (SSSR count). The van der Waals surface area contributed by atoms with Gasteiger partial charge in [-0.2, -0.15) is 0 Å². The number of hydrogen-bond donors (Lipinski definition) is 1. The Morgan fingerprint density at radius 2 is 2.35 bits per heavy atom. The Hall–Kier alpha value is -0.360. The van der Waals surface area contributed by atoms with E-state index in [2.05, 4.69) is 39.7 Å². The van der Waals surface area contributed by atoms with E-state index in [4.69, 9.17) is 10.2 Å². The summed E-state index contributed by atoms with van der Waals surface area (Å²) in [6, 6.07) is 2.60. The maximum absolute atomic E-state index is 5.92. The minimum atomic E-state index is 0.170. The molecule has 1 aliphatic heterocycles. The van der Waals surface area contributed by atoms with Gasteiger partial charge in [-0.05, 0) is 36.0 Å². The van der Waals surface area contributed by atoms with Crippen molar-refractivity contribution in [1.82, 2.24) is 9.80 Å². The van der Waals surface area contributed by atoms with Crippen LogP contribution in [-0.2, 0) is 0 Å². The molecular formula is C12H20BrN3O. The lowest BCUT2D eigenvalue weighted by Gasteiger charge is -2.41. The number of piperazine rings is 1. The van der Waals surface area contributed by atoms with E-state index >= 15 is 0 Å². The molecule has 96 valence electrons. The van der Waals surface area contributed by atoms with Gasteiger partial charge in [-0.15, -0.1) is 0 Å². The van der Waals surface area contributed by atoms with Crippen LogP contribution in [0, 0.1) is 0 Å². The van der Waals surface area contributed by atoms with Crippen LogP contribution in [0.5, 0.6) is 0 Å². The highest BCUT2D eigenvalue weighted by molar-refractivity contribution is 9.10. The average molecular weight is 302 g/mol. The van der Waals surface area contributed by atoms with Crippen molar-refractivity contribution >= 4 is 15.9 Å². The van der Waals surface area contributed by atoms with E-state index < -0.39 is 0 Å². The molecule has 2 atom stereocenters. The summed E-state index contributed by atoms with van der Waals surface area (Å²) >= 11 is 3.52. The first-order chi connectivity index (χ1) is 8.13. The van der Waals surface area contributed by atoms with Crippen LogP contribution in [0.2, 0.25) is 0 Å². The van der Waals surface area contributed by atoms with Gasteiger partial charge in [-0.3, -0.25) is 4.90 Å². The summed E-state index contributed by atoms with van der Waals surface area (Å²) in [5.41, 5.74) is 5.92. The summed E-state index contributed by atoms with van der Waals surface area (Å²) in [5.74, 6) is 0.948. The highest BCUT2D eigenvalue weighted by Gasteiger charge is 2.30. The molecule has 1 aliphatic rings. The molecule has 4 nitrogen and oxygen atoms in total. The van der Waals surface area contributed by atoms with Crippen molar-refractivity contribution in [3.8, 4) is 0 Å². The third-order valence-electron chi connectivity index (χ3n) is 3.45. The first-order valence-corrected chi connectivity index (χ1v) is 6.80. The van der Waals surface area contributed by atoms with E-state index in [1.54, 1.807) is 6.26 Å². The highest BCUT2D eigenvalue weighted by Crippen LogP contribution is 2.30. The number of likely N-dealkylation sites (N-methyl/N-ethyl adjacent to an activating group) is 1. The number of furan rings is 1. The molecule has 0 spiro atoms. The second-order valence-corrected chi connectivity index (χ2v) is 5.59. The Kier molecular flexibility index (Phi) is 4.25. The standard InChI is InChI=1S/C12H20BrN3O/c1-9-8-15(2)4-5-16(9)11(7-14)12-10(13)3-6-17-12/h3,6,9,11H,4-5,7-8,14H2,1-2H3. The quantitative estimate of drug-likeness (QED) is 0.923. The van der Waals surface area contributed by atoms with E-state index in [9.17, 15) is 0 Å². The molecule has 1 aromatic heterocycles. The monoisotopic (exact) mass is 301 g/mol. The van der Waals surface area contributed by atoms with Crippen molar-refractivity contribution in [2.45, 2.75) is 19.0 Å². The van der Waals surface area contributed by atoms with Gasteiger partial charge in [0.05, 0.1) is 16.8 Å². The van der Waals surface area contributed by atoms with Crippen molar-refractivity contribution in [3.63, 3.8) is 0 Å². The van der Waals surface area contributed by atoms with Crippen molar-refractivity contribution in [2.24, 2.45) is 5.73 Å². The minimum absolute atomic E-state index is 0.170. The molecule has 17 heavy (non-hydrogen) atoms. The van der Waals surface area contributed by atoms with Gasteiger partial charge in [-0.25, -0.2) is 0 Å². The van der Waals surface area contributed by atoms with Crippen molar-refractivity contribution in [3.05, 3.63) is 22.6 Å². The second-order valence-electron chi connectivity index (χ2n) is 4.73. The van der Waals surface area contributed by atoms with Crippen LogP contribution in [0.3, 0.4) is 0 Å². The zero-order valence-corrected chi connectivity index (χ0v) is 12.0. The molecule has 2 unspecified atom stereocenters. The second kappa shape index (κ2) is 5.52. The maximum atomic E-state index is 5.92. The van der Waals surface area contributed by atoms with Crippen molar-refractivity contribution < 1.29 is 4.42 Å². The lowest BCUT2D eigenvalue weighted by molar-refractivity contribution is 0.0548. The lowest BCUT2D eigenvalue weighted by atomic mass is 10.1. The fourth-order valence-electron chi connectivity index (χ4n) is 2.55. The molecule has 0 bridgehead atoms.